The molecule has 262 valence electrons. The van der Waals surface area contributed by atoms with Crippen LogP contribution in [0.15, 0.2) is 36.4 Å². The van der Waals surface area contributed by atoms with E-state index in [0.717, 1.165) is 12.1 Å². The van der Waals surface area contributed by atoms with Gasteiger partial charge in [0, 0.05) is 74.8 Å². The molecule has 3 heterocycles. The summed E-state index contributed by atoms with van der Waals surface area (Å²) in [6.07, 6.45) is 0.0425. The van der Waals surface area contributed by atoms with Gasteiger partial charge >= 0.3 is 0 Å². The van der Waals surface area contributed by atoms with Gasteiger partial charge in [-0.2, -0.15) is 0 Å². The topological polar surface area (TPSA) is 67.4 Å². The van der Waals surface area contributed by atoms with Gasteiger partial charge in [-0.05, 0) is 58.0 Å². The molecule has 3 amide bonds. The average molecular weight is 674 g/mol. The molecule has 3 aliphatic rings. The van der Waals surface area contributed by atoms with Crippen molar-refractivity contribution in [1.82, 2.24) is 19.6 Å². The molecule has 3 fully saturated rings. The maximum absolute atomic E-state index is 15.4. The molecule has 0 aromatic heterocycles. The van der Waals surface area contributed by atoms with Crippen LogP contribution < -0.4 is 4.90 Å². The number of hydrogen-bond acceptors (Lipinski definition) is 5. The fourth-order valence-electron chi connectivity index (χ4n) is 7.16. The molecule has 0 radical (unpaired) electrons. The number of piperazine rings is 1. The van der Waals surface area contributed by atoms with E-state index < -0.39 is 58.5 Å². The third-order valence-electron chi connectivity index (χ3n) is 10.0. The number of likely N-dealkylation sites (N-methyl/N-ethyl adjacent to an activating group) is 1. The lowest BCUT2D eigenvalue weighted by molar-refractivity contribution is -0.147. The first-order valence-electron chi connectivity index (χ1n) is 16.6. The molecule has 0 bridgehead atoms. The minimum absolute atomic E-state index is 0.0425. The Morgan fingerprint density at radius 3 is 1.94 bits per heavy atom. The molecule has 2 aromatic carbocycles. The average Bonchev–Trinajstić information content (AvgIpc) is 3.63. The van der Waals surface area contributed by atoms with Gasteiger partial charge in [0.05, 0.1) is 17.6 Å². The molecule has 48 heavy (non-hydrogen) atoms. The summed E-state index contributed by atoms with van der Waals surface area (Å²) >= 11 is 0. The Morgan fingerprint density at radius 2 is 1.38 bits per heavy atom. The lowest BCUT2D eigenvalue weighted by atomic mass is 9.87. The maximum Gasteiger partial charge on any atom is 0.245 e. The van der Waals surface area contributed by atoms with Gasteiger partial charge in [0.15, 0.2) is 0 Å². The summed E-state index contributed by atoms with van der Waals surface area (Å²) in [6, 6.07) is 4.60. The quantitative estimate of drug-likeness (QED) is 0.424. The Balaban J connectivity index is 1.56. The number of rotatable bonds is 5. The van der Waals surface area contributed by atoms with Crippen molar-refractivity contribution >= 4 is 23.4 Å². The molecular formula is C36H47F4N5O3. The fourth-order valence-corrected chi connectivity index (χ4v) is 7.16. The molecule has 3 saturated heterocycles. The van der Waals surface area contributed by atoms with E-state index in [1.165, 1.54) is 28.0 Å². The first-order chi connectivity index (χ1) is 22.4. The van der Waals surface area contributed by atoms with Crippen LogP contribution in [0.2, 0.25) is 0 Å². The van der Waals surface area contributed by atoms with Gasteiger partial charge in [-0.3, -0.25) is 19.3 Å². The van der Waals surface area contributed by atoms with Gasteiger partial charge in [-0.15, -0.1) is 0 Å². The van der Waals surface area contributed by atoms with Crippen molar-refractivity contribution < 1.29 is 31.9 Å². The van der Waals surface area contributed by atoms with E-state index in [2.05, 4.69) is 9.80 Å². The van der Waals surface area contributed by atoms with Crippen LogP contribution in [0.3, 0.4) is 0 Å². The summed E-state index contributed by atoms with van der Waals surface area (Å²) in [6.45, 7) is 13.8. The molecule has 0 aliphatic carbocycles. The van der Waals surface area contributed by atoms with E-state index in [9.17, 15) is 23.2 Å². The number of nitrogens with zero attached hydrogens (tertiary/aromatic N) is 5. The van der Waals surface area contributed by atoms with Crippen molar-refractivity contribution in [3.8, 4) is 0 Å². The lowest BCUT2D eigenvalue weighted by Gasteiger charge is -2.36. The van der Waals surface area contributed by atoms with Crippen LogP contribution in [0.1, 0.15) is 59.4 Å². The number of likely N-dealkylation sites (tertiary alicyclic amines) is 2. The van der Waals surface area contributed by atoms with Crippen LogP contribution in [0.25, 0.3) is 0 Å². The van der Waals surface area contributed by atoms with Crippen LogP contribution in [0, 0.1) is 34.6 Å². The van der Waals surface area contributed by atoms with Crippen molar-refractivity contribution in [3.05, 3.63) is 65.2 Å². The third-order valence-corrected chi connectivity index (χ3v) is 10.0. The van der Waals surface area contributed by atoms with Crippen LogP contribution >= 0.6 is 0 Å². The molecule has 4 atom stereocenters. The van der Waals surface area contributed by atoms with Crippen LogP contribution in [0.4, 0.5) is 23.2 Å². The smallest absolute Gasteiger partial charge is 0.245 e. The Labute approximate surface area is 280 Å². The number of carbonyl (C=O) groups is 3. The Morgan fingerprint density at radius 1 is 0.771 bits per heavy atom. The highest BCUT2D eigenvalue weighted by Gasteiger charge is 2.51. The number of benzene rings is 2. The number of hydrogen-bond donors (Lipinski definition) is 0. The highest BCUT2D eigenvalue weighted by Crippen LogP contribution is 2.41. The molecule has 12 heteroatoms. The van der Waals surface area contributed by atoms with E-state index in [1.54, 1.807) is 25.7 Å². The van der Waals surface area contributed by atoms with Crippen molar-refractivity contribution in [2.24, 2.45) is 11.3 Å². The lowest BCUT2D eigenvalue weighted by Crippen LogP contribution is -2.54. The molecular weight excluding hydrogens is 626 g/mol. The van der Waals surface area contributed by atoms with E-state index in [-0.39, 0.29) is 48.1 Å². The van der Waals surface area contributed by atoms with Gasteiger partial charge in [-0.1, -0.05) is 26.8 Å². The highest BCUT2D eigenvalue weighted by molar-refractivity contribution is 5.98. The predicted molar refractivity (Wildman–Crippen MR) is 175 cm³/mol. The van der Waals surface area contributed by atoms with E-state index in [4.69, 9.17) is 0 Å². The highest BCUT2D eigenvalue weighted by atomic mass is 19.1. The number of anilines is 1. The van der Waals surface area contributed by atoms with E-state index >= 15 is 8.78 Å². The van der Waals surface area contributed by atoms with Gasteiger partial charge in [0.1, 0.15) is 29.3 Å². The fraction of sp³-hybridized carbons (Fsp3) is 0.583. The first-order valence-corrected chi connectivity index (χ1v) is 16.6. The summed E-state index contributed by atoms with van der Waals surface area (Å²) < 4.78 is 58.6. The second-order valence-corrected chi connectivity index (χ2v) is 15.5. The summed E-state index contributed by atoms with van der Waals surface area (Å²) in [5.74, 6) is -5.68. The molecule has 0 unspecified atom stereocenters. The number of amides is 3. The monoisotopic (exact) mass is 673 g/mol. The number of halogens is 4. The zero-order valence-corrected chi connectivity index (χ0v) is 28.9. The summed E-state index contributed by atoms with van der Waals surface area (Å²) in [5, 5.41) is 0. The minimum Gasteiger partial charge on any atom is -0.338 e. The van der Waals surface area contributed by atoms with Gasteiger partial charge in [-0.25, -0.2) is 17.6 Å². The Hall–Kier alpha value is -3.51. The zero-order valence-electron chi connectivity index (χ0n) is 28.9. The van der Waals surface area contributed by atoms with Gasteiger partial charge in [0.2, 0.25) is 17.7 Å². The van der Waals surface area contributed by atoms with Crippen LogP contribution in [-0.4, -0.2) is 108 Å². The van der Waals surface area contributed by atoms with E-state index in [1.807, 2.05) is 27.8 Å². The Bertz CT molecular complexity index is 1550. The molecule has 2 aromatic rings. The molecule has 3 aliphatic heterocycles. The van der Waals surface area contributed by atoms with Crippen molar-refractivity contribution in [2.75, 3.05) is 57.8 Å². The largest absolute Gasteiger partial charge is 0.338 e. The van der Waals surface area contributed by atoms with Gasteiger partial charge < -0.3 is 19.6 Å². The molecule has 5 rings (SSSR count). The summed E-state index contributed by atoms with van der Waals surface area (Å²) in [7, 11) is 1.96. The standard InChI is InChI=1S/C36H47F4N5O3/c1-35(2,3)34(48)45(30-11-9-23(38)17-29(30)40)24-18-31(33(47)42-14-12-41(7)13-15-42)44(19-24)32(46)27-21-43(36(4,5)6)20-26(27)25-10-8-22(37)16-28(25)39/h8-11,16-17,24,26-27,31H,12-15,18-21H2,1-7H3/t24-,26-,27+,31-/m0/s1. The summed E-state index contributed by atoms with van der Waals surface area (Å²) in [4.78, 5) is 51.7. The van der Waals surface area contributed by atoms with Crippen molar-refractivity contribution in [2.45, 2.75) is 71.5 Å². The minimum atomic E-state index is -0.973. The first kappa shape index (κ1) is 35.8. The van der Waals surface area contributed by atoms with Crippen LogP contribution in [-0.2, 0) is 14.4 Å². The predicted octanol–water partition coefficient (Wildman–Crippen LogP) is 4.88. The van der Waals surface area contributed by atoms with E-state index in [0.29, 0.717) is 38.8 Å². The Kier molecular flexibility index (Phi) is 10.0. The molecule has 0 saturated carbocycles. The van der Waals surface area contributed by atoms with Crippen molar-refractivity contribution in [1.29, 1.82) is 0 Å². The van der Waals surface area contributed by atoms with Crippen molar-refractivity contribution in [3.63, 3.8) is 0 Å². The number of carbonyl (C=O) groups excluding carboxylic acids is 3. The molecule has 0 N–H and O–H groups in total. The molecule has 8 nitrogen and oxygen atoms in total. The zero-order chi connectivity index (χ0) is 35.3. The normalized spacial score (nSPS) is 24.3. The maximum atomic E-state index is 15.4. The van der Waals surface area contributed by atoms with Crippen LogP contribution in [0.5, 0.6) is 0 Å². The second-order valence-electron chi connectivity index (χ2n) is 15.5. The SMILES string of the molecule is CN1CCN(C(=O)[C@@H]2C[C@H](N(C(=O)C(C)(C)C)c3ccc(F)cc3F)CN2C(=O)[C@@H]2CN(C(C)(C)C)C[C@H]2c2ccc(F)cc2F)CC1. The van der Waals surface area contributed by atoms with Gasteiger partial charge in [0.25, 0.3) is 0 Å². The third kappa shape index (κ3) is 7.24. The second kappa shape index (κ2) is 13.4. The summed E-state index contributed by atoms with van der Waals surface area (Å²) in [5.41, 5.74) is -1.26. The molecule has 0 spiro atoms.